The summed E-state index contributed by atoms with van der Waals surface area (Å²) in [6, 6.07) is 0. The molecule has 34 valence electrons. The molecule has 0 saturated carbocycles. The monoisotopic (exact) mass is 196 g/mol. The van der Waals surface area contributed by atoms with Gasteiger partial charge in [0.05, 0.1) is 10.5 Å². The van der Waals surface area contributed by atoms with Crippen molar-refractivity contribution in [2.75, 3.05) is 7.05 Å². The van der Waals surface area contributed by atoms with Crippen LogP contribution in [0.25, 0.3) is 0 Å². The Labute approximate surface area is 47.0 Å². The van der Waals surface area contributed by atoms with Crippen LogP contribution in [0, 0.1) is 0 Å². The molecule has 0 aromatic carbocycles. The molecular formula is C3H5IN2. The summed E-state index contributed by atoms with van der Waals surface area (Å²) in [6.45, 7) is 0. The standard InChI is InChI=1S/C3H5IN2/c1-6-3-5-2-4-6/h2-3H,1H3. The second-order valence-corrected chi connectivity index (χ2v) is 3.62. The zero-order chi connectivity index (χ0) is 4.41. The highest BCUT2D eigenvalue weighted by atomic mass is 127. The van der Waals surface area contributed by atoms with E-state index in [1.54, 1.807) is 0 Å². The van der Waals surface area contributed by atoms with E-state index < -0.39 is 0 Å². The van der Waals surface area contributed by atoms with Gasteiger partial charge in [-0.1, -0.05) is 0 Å². The highest BCUT2D eigenvalue weighted by Crippen LogP contribution is 2.03. The van der Waals surface area contributed by atoms with Crippen LogP contribution in [-0.4, -0.2) is 20.6 Å². The summed E-state index contributed by atoms with van der Waals surface area (Å²) in [7, 11) is 2.04. The third kappa shape index (κ3) is 0.767. The predicted molar refractivity (Wildman–Crippen MR) is 36.3 cm³/mol. The van der Waals surface area contributed by atoms with E-state index in [1.165, 1.54) is 0 Å². The summed E-state index contributed by atoms with van der Waals surface area (Å²) in [5.74, 6) is 0. The molecule has 2 nitrogen and oxygen atoms in total. The molecule has 1 rings (SSSR count). The molecule has 1 aliphatic heterocycles. The van der Waals surface area contributed by atoms with Crippen molar-refractivity contribution < 1.29 is 0 Å². The van der Waals surface area contributed by atoms with Crippen molar-refractivity contribution in [3.63, 3.8) is 0 Å². The van der Waals surface area contributed by atoms with E-state index in [9.17, 15) is 0 Å². The topological polar surface area (TPSA) is 15.6 Å². The molecule has 0 fully saturated rings. The SMILES string of the molecule is CN1C=NC=I1. The molecule has 0 bridgehead atoms. The van der Waals surface area contributed by atoms with Gasteiger partial charge in [0.15, 0.2) is 0 Å². The third-order valence-electron chi connectivity index (χ3n) is 0.480. The number of hydrogen-bond acceptors (Lipinski definition) is 2. The van der Waals surface area contributed by atoms with E-state index in [1.807, 2.05) is 17.5 Å². The molecule has 0 unspecified atom stereocenters. The Balaban J connectivity index is 2.60. The van der Waals surface area contributed by atoms with Crippen molar-refractivity contribution in [3.05, 3.63) is 0 Å². The van der Waals surface area contributed by atoms with Crippen molar-refractivity contribution in [2.24, 2.45) is 4.99 Å². The van der Waals surface area contributed by atoms with E-state index in [-0.39, 0.29) is 21.0 Å². The fourth-order valence-corrected chi connectivity index (χ4v) is 1.20. The summed E-state index contributed by atoms with van der Waals surface area (Å²) in [5, 5.41) is 0. The van der Waals surface area contributed by atoms with Crippen LogP contribution in [0.5, 0.6) is 0 Å². The lowest BCUT2D eigenvalue weighted by Gasteiger charge is -1.93. The van der Waals surface area contributed by atoms with Gasteiger partial charge in [0.25, 0.3) is 0 Å². The molecule has 3 heteroatoms. The second-order valence-electron chi connectivity index (χ2n) is 0.985. The Morgan fingerprint density at radius 3 is 2.83 bits per heavy atom. The molecule has 0 spiro atoms. The molecule has 0 saturated heterocycles. The Morgan fingerprint density at radius 2 is 2.67 bits per heavy atom. The maximum atomic E-state index is 3.89. The van der Waals surface area contributed by atoms with Gasteiger partial charge in [0.1, 0.15) is 0 Å². The van der Waals surface area contributed by atoms with Crippen LogP contribution in [0.3, 0.4) is 0 Å². The van der Waals surface area contributed by atoms with Crippen LogP contribution in [0.15, 0.2) is 4.99 Å². The fraction of sp³-hybridized carbons (Fsp3) is 0.333. The number of aliphatic imine (C=N–C) groups is 1. The molecule has 0 aliphatic carbocycles. The first-order valence-corrected chi connectivity index (χ1v) is 3.82. The maximum Gasteiger partial charge on any atom is 0.0992 e. The second kappa shape index (κ2) is 1.68. The van der Waals surface area contributed by atoms with Crippen molar-refractivity contribution in [3.8, 4) is 0 Å². The highest BCUT2D eigenvalue weighted by Gasteiger charge is 1.85. The molecule has 0 N–H and O–H groups in total. The zero-order valence-corrected chi connectivity index (χ0v) is 5.58. The first-order valence-electron chi connectivity index (χ1n) is 1.61. The van der Waals surface area contributed by atoms with Gasteiger partial charge in [0.2, 0.25) is 0 Å². The van der Waals surface area contributed by atoms with Crippen molar-refractivity contribution in [1.82, 2.24) is 3.11 Å². The molecule has 1 aliphatic rings. The van der Waals surface area contributed by atoms with Gasteiger partial charge in [-0.2, -0.15) is 0 Å². The number of halogens is 1. The Hall–Kier alpha value is 0.0700. The fourth-order valence-electron chi connectivity index (χ4n) is 0.236. The first-order chi connectivity index (χ1) is 2.89. The summed E-state index contributed by atoms with van der Waals surface area (Å²) >= 11 is 0.166. The zero-order valence-electron chi connectivity index (χ0n) is 3.43. The molecule has 0 atom stereocenters. The van der Waals surface area contributed by atoms with Gasteiger partial charge in [-0.25, -0.2) is 4.99 Å². The minimum Gasteiger partial charge on any atom is -0.313 e. The van der Waals surface area contributed by atoms with Crippen molar-refractivity contribution >= 4 is 31.5 Å². The maximum absolute atomic E-state index is 3.89. The Bertz CT molecular complexity index is 85.0. The van der Waals surface area contributed by atoms with Crippen LogP contribution < -0.4 is 0 Å². The molecular weight excluding hydrogens is 191 g/mol. The van der Waals surface area contributed by atoms with Crippen LogP contribution in [-0.2, 0) is 0 Å². The molecule has 0 amide bonds. The van der Waals surface area contributed by atoms with Crippen LogP contribution in [0.2, 0.25) is 0 Å². The largest absolute Gasteiger partial charge is 0.313 e. The van der Waals surface area contributed by atoms with Gasteiger partial charge in [0, 0.05) is 28.1 Å². The Kier molecular flexibility index (Phi) is 1.19. The van der Waals surface area contributed by atoms with E-state index in [2.05, 4.69) is 8.11 Å². The van der Waals surface area contributed by atoms with Gasteiger partial charge < -0.3 is 3.11 Å². The Morgan fingerprint density at radius 1 is 1.83 bits per heavy atom. The van der Waals surface area contributed by atoms with Gasteiger partial charge >= 0.3 is 0 Å². The molecule has 0 aromatic rings. The average molecular weight is 196 g/mol. The van der Waals surface area contributed by atoms with Crippen LogP contribution in [0.4, 0.5) is 0 Å². The van der Waals surface area contributed by atoms with Gasteiger partial charge in [-0.05, 0) is 0 Å². The quantitative estimate of drug-likeness (QED) is 0.409. The predicted octanol–water partition coefficient (Wildman–Crippen LogP) is 0.606. The molecule has 6 heavy (non-hydrogen) atoms. The van der Waals surface area contributed by atoms with Crippen molar-refractivity contribution in [1.29, 1.82) is 0 Å². The van der Waals surface area contributed by atoms with Crippen LogP contribution in [0.1, 0.15) is 0 Å². The minimum absolute atomic E-state index is 0.166. The molecule has 0 radical (unpaired) electrons. The minimum atomic E-state index is 0.166. The number of hydrogen-bond donors (Lipinski definition) is 0. The normalized spacial score (nSPS) is 18.5. The van der Waals surface area contributed by atoms with Crippen molar-refractivity contribution in [2.45, 2.75) is 0 Å². The summed E-state index contributed by atoms with van der Waals surface area (Å²) in [6.07, 6.45) is 1.85. The van der Waals surface area contributed by atoms with Gasteiger partial charge in [-0.15, -0.1) is 0 Å². The van der Waals surface area contributed by atoms with E-state index in [0.29, 0.717) is 0 Å². The summed E-state index contributed by atoms with van der Waals surface area (Å²) in [4.78, 5) is 3.89. The summed E-state index contributed by atoms with van der Waals surface area (Å²) < 4.78 is 4.11. The highest BCUT2D eigenvalue weighted by molar-refractivity contribution is 14.2. The summed E-state index contributed by atoms with van der Waals surface area (Å²) in [5.41, 5.74) is 0. The van der Waals surface area contributed by atoms with E-state index >= 15 is 0 Å². The smallest absolute Gasteiger partial charge is 0.0992 e. The molecule has 1 heterocycles. The van der Waals surface area contributed by atoms with E-state index in [0.717, 1.165) is 0 Å². The lowest BCUT2D eigenvalue weighted by Crippen LogP contribution is -1.94. The lowest BCUT2D eigenvalue weighted by atomic mass is 11.1. The first kappa shape index (κ1) is 4.23. The number of rotatable bonds is 0. The third-order valence-corrected chi connectivity index (χ3v) is 2.18. The lowest BCUT2D eigenvalue weighted by molar-refractivity contribution is 0.941. The van der Waals surface area contributed by atoms with E-state index in [4.69, 9.17) is 0 Å². The molecule has 0 aromatic heterocycles. The van der Waals surface area contributed by atoms with Gasteiger partial charge in [-0.3, -0.25) is 0 Å². The van der Waals surface area contributed by atoms with Crippen LogP contribution >= 0.6 is 21.0 Å². The average Bonchev–Trinajstić information content (AvgIpc) is 1.86. The number of nitrogens with zero attached hydrogens (tertiary/aromatic N) is 2.